The average Bonchev–Trinajstić information content (AvgIpc) is 2.87. The Kier molecular flexibility index (Phi) is 5.42. The van der Waals surface area contributed by atoms with Crippen LogP contribution in [-0.2, 0) is 20.7 Å². The largest absolute Gasteiger partial charge is 0.361 e. The molecule has 0 spiro atoms. The number of hydrogen-bond acceptors (Lipinski definition) is 2. The van der Waals surface area contributed by atoms with Gasteiger partial charge in [-0.25, -0.2) is 0 Å². The minimum atomic E-state index is -0.710. The standard InChI is InChI=1S/C30H28O2/c1-3-31-29(23-15-7-5-8-16-23)25-19-11-13-21-27(25)30(32-4-2,24-17-9-6-10-18-24)28-22-14-12-20-26(28)29/h5-22H,3-4H2,1-2H3. The molecule has 0 fully saturated rings. The molecule has 0 N–H and O–H groups in total. The molecule has 2 nitrogen and oxygen atoms in total. The van der Waals surface area contributed by atoms with Crippen molar-refractivity contribution in [2.75, 3.05) is 13.2 Å². The van der Waals surface area contributed by atoms with Gasteiger partial charge in [0.15, 0.2) is 0 Å². The topological polar surface area (TPSA) is 18.5 Å². The summed E-state index contributed by atoms with van der Waals surface area (Å²) in [4.78, 5) is 0. The molecule has 0 bridgehead atoms. The third-order valence-electron chi connectivity index (χ3n) is 6.45. The third-order valence-corrected chi connectivity index (χ3v) is 6.45. The Bertz CT molecular complexity index is 1050. The summed E-state index contributed by atoms with van der Waals surface area (Å²) < 4.78 is 13.5. The van der Waals surface area contributed by atoms with E-state index < -0.39 is 11.2 Å². The monoisotopic (exact) mass is 420 g/mol. The van der Waals surface area contributed by atoms with Crippen molar-refractivity contribution in [3.63, 3.8) is 0 Å². The van der Waals surface area contributed by atoms with Crippen molar-refractivity contribution in [2.24, 2.45) is 0 Å². The molecule has 2 heteroatoms. The van der Waals surface area contributed by atoms with Crippen molar-refractivity contribution in [1.82, 2.24) is 0 Å². The molecule has 0 radical (unpaired) electrons. The van der Waals surface area contributed by atoms with Gasteiger partial charge in [-0.05, 0) is 47.2 Å². The van der Waals surface area contributed by atoms with E-state index in [2.05, 4.69) is 123 Å². The van der Waals surface area contributed by atoms with Crippen LogP contribution in [0.2, 0.25) is 0 Å². The maximum atomic E-state index is 6.76. The van der Waals surface area contributed by atoms with E-state index in [1.165, 1.54) is 0 Å². The number of rotatable bonds is 6. The number of hydrogen-bond donors (Lipinski definition) is 0. The van der Waals surface area contributed by atoms with Crippen LogP contribution in [0.1, 0.15) is 47.2 Å². The van der Waals surface area contributed by atoms with Gasteiger partial charge in [0.2, 0.25) is 0 Å². The Morgan fingerprint density at radius 1 is 0.438 bits per heavy atom. The molecule has 160 valence electrons. The Morgan fingerprint density at radius 3 is 1.00 bits per heavy atom. The lowest BCUT2D eigenvalue weighted by atomic mass is 9.63. The second kappa shape index (κ2) is 8.38. The normalized spacial score (nSPS) is 21.6. The van der Waals surface area contributed by atoms with Gasteiger partial charge in [-0.1, -0.05) is 109 Å². The van der Waals surface area contributed by atoms with Gasteiger partial charge in [0.1, 0.15) is 11.2 Å². The molecular formula is C30H28O2. The molecule has 32 heavy (non-hydrogen) atoms. The van der Waals surface area contributed by atoms with Gasteiger partial charge >= 0.3 is 0 Å². The molecule has 1 aliphatic carbocycles. The van der Waals surface area contributed by atoms with Crippen molar-refractivity contribution < 1.29 is 9.47 Å². The number of fused-ring (bicyclic) bond motifs is 2. The SMILES string of the molecule is CCOC1(c2ccccc2)c2ccccc2C(OCC)(c2ccccc2)c2ccccc21. The van der Waals surface area contributed by atoms with Crippen LogP contribution in [0.3, 0.4) is 0 Å². The summed E-state index contributed by atoms with van der Waals surface area (Å²) in [7, 11) is 0. The van der Waals surface area contributed by atoms with E-state index >= 15 is 0 Å². The highest BCUT2D eigenvalue weighted by molar-refractivity contribution is 5.65. The lowest BCUT2D eigenvalue weighted by Crippen LogP contribution is -2.47. The molecule has 5 rings (SSSR count). The summed E-state index contributed by atoms with van der Waals surface area (Å²) in [5, 5.41) is 0. The Hall–Kier alpha value is -3.20. The van der Waals surface area contributed by atoms with E-state index in [9.17, 15) is 0 Å². The van der Waals surface area contributed by atoms with Crippen LogP contribution in [0.4, 0.5) is 0 Å². The second-order valence-electron chi connectivity index (χ2n) is 8.05. The molecule has 4 aromatic rings. The molecule has 0 saturated carbocycles. The maximum absolute atomic E-state index is 6.76. The summed E-state index contributed by atoms with van der Waals surface area (Å²) in [6.45, 7) is 5.31. The van der Waals surface area contributed by atoms with E-state index in [4.69, 9.17) is 9.47 Å². The fourth-order valence-corrected chi connectivity index (χ4v) is 5.36. The van der Waals surface area contributed by atoms with Gasteiger partial charge in [0.05, 0.1) is 0 Å². The zero-order chi connectivity index (χ0) is 22.0. The molecule has 0 unspecified atom stereocenters. The van der Waals surface area contributed by atoms with Crippen LogP contribution in [0.15, 0.2) is 109 Å². The number of ether oxygens (including phenoxy) is 2. The first-order valence-electron chi connectivity index (χ1n) is 11.4. The van der Waals surface area contributed by atoms with Crippen molar-refractivity contribution >= 4 is 0 Å². The minimum Gasteiger partial charge on any atom is -0.361 e. The van der Waals surface area contributed by atoms with Crippen molar-refractivity contribution in [3.8, 4) is 0 Å². The molecule has 0 aliphatic heterocycles. The van der Waals surface area contributed by atoms with Crippen molar-refractivity contribution in [2.45, 2.75) is 25.0 Å². The fourth-order valence-electron chi connectivity index (χ4n) is 5.36. The van der Waals surface area contributed by atoms with Crippen molar-refractivity contribution in [3.05, 3.63) is 143 Å². The van der Waals surface area contributed by atoms with E-state index in [0.717, 1.165) is 33.4 Å². The van der Waals surface area contributed by atoms with Gasteiger partial charge in [0.25, 0.3) is 0 Å². The Morgan fingerprint density at radius 2 is 0.719 bits per heavy atom. The average molecular weight is 421 g/mol. The van der Waals surface area contributed by atoms with Crippen LogP contribution in [-0.4, -0.2) is 13.2 Å². The van der Waals surface area contributed by atoms with E-state index in [1.54, 1.807) is 0 Å². The first-order valence-corrected chi connectivity index (χ1v) is 11.4. The summed E-state index contributed by atoms with van der Waals surface area (Å²) >= 11 is 0. The fraction of sp³-hybridized carbons (Fsp3) is 0.200. The molecule has 1 aliphatic rings. The van der Waals surface area contributed by atoms with E-state index in [-0.39, 0.29) is 0 Å². The first kappa shape index (κ1) is 20.7. The van der Waals surface area contributed by atoms with E-state index in [1.807, 2.05) is 0 Å². The summed E-state index contributed by atoms with van der Waals surface area (Å²) in [6, 6.07) is 38.3. The van der Waals surface area contributed by atoms with Crippen LogP contribution in [0.25, 0.3) is 0 Å². The molecular weight excluding hydrogens is 392 g/mol. The third kappa shape index (κ3) is 2.87. The van der Waals surface area contributed by atoms with Crippen LogP contribution in [0.5, 0.6) is 0 Å². The number of benzene rings is 4. The molecule has 0 amide bonds. The smallest absolute Gasteiger partial charge is 0.144 e. The maximum Gasteiger partial charge on any atom is 0.144 e. The first-order chi connectivity index (χ1) is 15.8. The van der Waals surface area contributed by atoms with Gasteiger partial charge < -0.3 is 9.47 Å². The Labute approximate surface area is 190 Å². The zero-order valence-electron chi connectivity index (χ0n) is 18.6. The minimum absolute atomic E-state index is 0.588. The van der Waals surface area contributed by atoms with Gasteiger partial charge in [-0.15, -0.1) is 0 Å². The molecule has 0 aromatic heterocycles. The Balaban J connectivity index is 1.95. The molecule has 4 aromatic carbocycles. The highest BCUT2D eigenvalue weighted by Crippen LogP contribution is 2.56. The molecule has 0 saturated heterocycles. The zero-order valence-corrected chi connectivity index (χ0v) is 18.6. The molecule has 0 atom stereocenters. The lowest BCUT2D eigenvalue weighted by Gasteiger charge is -2.49. The predicted molar refractivity (Wildman–Crippen MR) is 129 cm³/mol. The van der Waals surface area contributed by atoms with Gasteiger partial charge in [-0.3, -0.25) is 0 Å². The van der Waals surface area contributed by atoms with Gasteiger partial charge in [0, 0.05) is 13.2 Å². The van der Waals surface area contributed by atoms with Crippen molar-refractivity contribution in [1.29, 1.82) is 0 Å². The lowest BCUT2D eigenvalue weighted by molar-refractivity contribution is -0.0161. The quantitative estimate of drug-likeness (QED) is 0.347. The predicted octanol–water partition coefficient (Wildman–Crippen LogP) is 6.66. The van der Waals surface area contributed by atoms with Crippen LogP contribution in [0, 0.1) is 0 Å². The summed E-state index contributed by atoms with van der Waals surface area (Å²) in [6.07, 6.45) is 0. The second-order valence-corrected chi connectivity index (χ2v) is 8.05. The molecule has 0 heterocycles. The highest BCUT2D eigenvalue weighted by Gasteiger charge is 2.53. The van der Waals surface area contributed by atoms with E-state index in [0.29, 0.717) is 13.2 Å². The highest BCUT2D eigenvalue weighted by atomic mass is 16.5. The van der Waals surface area contributed by atoms with Crippen LogP contribution >= 0.6 is 0 Å². The summed E-state index contributed by atoms with van der Waals surface area (Å²) in [5.41, 5.74) is 5.35. The van der Waals surface area contributed by atoms with Gasteiger partial charge in [-0.2, -0.15) is 0 Å². The van der Waals surface area contributed by atoms with Crippen LogP contribution < -0.4 is 0 Å². The summed E-state index contributed by atoms with van der Waals surface area (Å²) in [5.74, 6) is 0.